The van der Waals surface area contributed by atoms with Crippen molar-refractivity contribution >= 4 is 11.8 Å². The first kappa shape index (κ1) is 16.6. The van der Waals surface area contributed by atoms with Crippen LogP contribution in [0.15, 0.2) is 9.82 Å². The third-order valence-corrected chi connectivity index (χ3v) is 4.98. The van der Waals surface area contributed by atoms with E-state index < -0.39 is 0 Å². The lowest BCUT2D eigenvalue weighted by molar-refractivity contribution is 0.277. The zero-order chi connectivity index (χ0) is 15.2. The van der Waals surface area contributed by atoms with Crippen molar-refractivity contribution in [3.63, 3.8) is 0 Å². The highest BCUT2D eigenvalue weighted by atomic mass is 32.2. The molecule has 4 nitrogen and oxygen atoms in total. The molecule has 1 aromatic rings. The van der Waals surface area contributed by atoms with E-state index in [0.29, 0.717) is 18.9 Å². The van der Waals surface area contributed by atoms with E-state index >= 15 is 0 Å². The number of rotatable bonds is 7. The Hall–Kier alpha value is -0.810. The Balaban J connectivity index is 2.26. The Kier molecular flexibility index (Phi) is 6.30. The third kappa shape index (κ3) is 4.33. The van der Waals surface area contributed by atoms with Crippen molar-refractivity contribution in [2.24, 2.45) is 5.92 Å². The average molecular weight is 310 g/mol. The molecule has 0 fully saturated rings. The summed E-state index contributed by atoms with van der Waals surface area (Å²) in [4.78, 5) is 16.6. The molecule has 0 bridgehead atoms. The Morgan fingerprint density at radius 1 is 1.33 bits per heavy atom. The predicted molar refractivity (Wildman–Crippen MR) is 87.0 cm³/mol. The van der Waals surface area contributed by atoms with Crippen LogP contribution < -0.4 is 5.69 Å². The van der Waals surface area contributed by atoms with Crippen LogP contribution in [0.5, 0.6) is 0 Å². The molecule has 1 aromatic heterocycles. The molecule has 0 saturated carbocycles. The van der Waals surface area contributed by atoms with Gasteiger partial charge in [-0.3, -0.25) is 4.57 Å². The van der Waals surface area contributed by atoms with Gasteiger partial charge in [-0.2, -0.15) is 4.98 Å². The SMILES string of the molecule is CC(C)CCSc1nc(=O)n(CCCO)c2c1CCCC2. The Morgan fingerprint density at radius 2 is 2.10 bits per heavy atom. The number of nitrogens with zero attached hydrogens (tertiary/aromatic N) is 2. The van der Waals surface area contributed by atoms with Gasteiger partial charge in [0.1, 0.15) is 5.03 Å². The Morgan fingerprint density at radius 3 is 2.81 bits per heavy atom. The molecule has 0 saturated heterocycles. The summed E-state index contributed by atoms with van der Waals surface area (Å²) in [6.45, 7) is 5.14. The number of fused-ring (bicyclic) bond motifs is 1. The van der Waals surface area contributed by atoms with Gasteiger partial charge in [0.25, 0.3) is 0 Å². The molecule has 1 aliphatic carbocycles. The van der Waals surface area contributed by atoms with Crippen LogP contribution >= 0.6 is 11.8 Å². The molecule has 1 heterocycles. The predicted octanol–water partition coefficient (Wildman–Crippen LogP) is 2.64. The van der Waals surface area contributed by atoms with Gasteiger partial charge in [-0.05, 0) is 50.2 Å². The van der Waals surface area contributed by atoms with Gasteiger partial charge >= 0.3 is 5.69 Å². The maximum Gasteiger partial charge on any atom is 0.348 e. The molecular formula is C16H26N2O2S. The van der Waals surface area contributed by atoms with Crippen molar-refractivity contribution in [3.8, 4) is 0 Å². The molecule has 2 rings (SSSR count). The fraction of sp³-hybridized carbons (Fsp3) is 0.750. The van der Waals surface area contributed by atoms with Crippen LogP contribution in [0.3, 0.4) is 0 Å². The normalized spacial score (nSPS) is 14.5. The van der Waals surface area contributed by atoms with Crippen molar-refractivity contribution in [1.29, 1.82) is 0 Å². The molecular weight excluding hydrogens is 284 g/mol. The van der Waals surface area contributed by atoms with E-state index in [0.717, 1.165) is 36.5 Å². The van der Waals surface area contributed by atoms with E-state index in [9.17, 15) is 4.79 Å². The highest BCUT2D eigenvalue weighted by Crippen LogP contribution is 2.29. The molecule has 0 unspecified atom stereocenters. The van der Waals surface area contributed by atoms with Crippen LogP contribution in [-0.2, 0) is 19.4 Å². The summed E-state index contributed by atoms with van der Waals surface area (Å²) < 4.78 is 1.79. The first-order valence-corrected chi connectivity index (χ1v) is 8.98. The van der Waals surface area contributed by atoms with Gasteiger partial charge in [0, 0.05) is 24.4 Å². The molecule has 0 amide bonds. The Bertz CT molecular complexity index is 526. The maximum absolute atomic E-state index is 12.3. The quantitative estimate of drug-likeness (QED) is 0.621. The van der Waals surface area contributed by atoms with Crippen molar-refractivity contribution in [2.45, 2.75) is 63.9 Å². The molecule has 0 spiro atoms. The van der Waals surface area contributed by atoms with E-state index in [2.05, 4.69) is 18.8 Å². The first-order valence-electron chi connectivity index (χ1n) is 7.99. The van der Waals surface area contributed by atoms with Crippen molar-refractivity contribution < 1.29 is 5.11 Å². The van der Waals surface area contributed by atoms with Crippen molar-refractivity contribution in [3.05, 3.63) is 21.7 Å². The maximum atomic E-state index is 12.3. The van der Waals surface area contributed by atoms with Gasteiger partial charge in [0.15, 0.2) is 0 Å². The highest BCUT2D eigenvalue weighted by Gasteiger charge is 2.20. The van der Waals surface area contributed by atoms with Gasteiger partial charge in [-0.15, -0.1) is 11.8 Å². The number of hydrogen-bond acceptors (Lipinski definition) is 4. The summed E-state index contributed by atoms with van der Waals surface area (Å²) in [6, 6.07) is 0. The summed E-state index contributed by atoms with van der Waals surface area (Å²) in [5.41, 5.74) is 2.31. The van der Waals surface area contributed by atoms with E-state index in [4.69, 9.17) is 5.11 Å². The summed E-state index contributed by atoms with van der Waals surface area (Å²) >= 11 is 1.74. The van der Waals surface area contributed by atoms with Crippen molar-refractivity contribution in [1.82, 2.24) is 9.55 Å². The number of aromatic nitrogens is 2. The topological polar surface area (TPSA) is 55.1 Å². The summed E-state index contributed by atoms with van der Waals surface area (Å²) in [6.07, 6.45) is 6.10. The van der Waals surface area contributed by atoms with Crippen molar-refractivity contribution in [2.75, 3.05) is 12.4 Å². The lowest BCUT2D eigenvalue weighted by Crippen LogP contribution is -2.30. The minimum atomic E-state index is -0.142. The van der Waals surface area contributed by atoms with E-state index in [1.165, 1.54) is 17.7 Å². The number of aliphatic hydroxyl groups excluding tert-OH is 1. The largest absolute Gasteiger partial charge is 0.396 e. The van der Waals surface area contributed by atoms with Gasteiger partial charge < -0.3 is 5.11 Å². The molecule has 21 heavy (non-hydrogen) atoms. The Labute approximate surface area is 131 Å². The second kappa shape index (κ2) is 7.99. The van der Waals surface area contributed by atoms with E-state index in [1.807, 2.05) is 0 Å². The number of thioether (sulfide) groups is 1. The van der Waals surface area contributed by atoms with Crippen LogP contribution in [-0.4, -0.2) is 27.0 Å². The minimum absolute atomic E-state index is 0.117. The van der Waals surface area contributed by atoms with Gasteiger partial charge in [0.2, 0.25) is 0 Å². The molecule has 0 aliphatic heterocycles. The van der Waals surface area contributed by atoms with Crippen LogP contribution in [0.4, 0.5) is 0 Å². The van der Waals surface area contributed by atoms with Crippen LogP contribution in [0.2, 0.25) is 0 Å². The van der Waals surface area contributed by atoms with Crippen LogP contribution in [0.25, 0.3) is 0 Å². The molecule has 1 N–H and O–H groups in total. The van der Waals surface area contributed by atoms with Crippen LogP contribution in [0.1, 0.15) is 50.8 Å². The number of hydrogen-bond donors (Lipinski definition) is 1. The third-order valence-electron chi connectivity index (χ3n) is 3.92. The molecule has 0 atom stereocenters. The second-order valence-electron chi connectivity index (χ2n) is 6.09. The smallest absolute Gasteiger partial charge is 0.348 e. The molecule has 0 radical (unpaired) electrons. The lowest BCUT2D eigenvalue weighted by atomic mass is 9.97. The molecule has 1 aliphatic rings. The van der Waals surface area contributed by atoms with Gasteiger partial charge in [0.05, 0.1) is 0 Å². The van der Waals surface area contributed by atoms with E-state index in [-0.39, 0.29) is 12.3 Å². The summed E-state index contributed by atoms with van der Waals surface area (Å²) in [5.74, 6) is 1.70. The summed E-state index contributed by atoms with van der Waals surface area (Å²) in [7, 11) is 0. The standard InChI is InChI=1S/C16H26N2O2S/c1-12(2)8-11-21-15-13-6-3-4-7-14(13)18(9-5-10-19)16(20)17-15/h12,19H,3-11H2,1-2H3. The molecule has 5 heteroatoms. The molecule has 118 valence electrons. The van der Waals surface area contributed by atoms with Crippen LogP contribution in [0, 0.1) is 5.92 Å². The first-order chi connectivity index (χ1) is 10.1. The lowest BCUT2D eigenvalue weighted by Gasteiger charge is -2.22. The zero-order valence-electron chi connectivity index (χ0n) is 13.1. The minimum Gasteiger partial charge on any atom is -0.396 e. The van der Waals surface area contributed by atoms with E-state index in [1.54, 1.807) is 16.3 Å². The highest BCUT2D eigenvalue weighted by molar-refractivity contribution is 7.99. The van der Waals surface area contributed by atoms with Gasteiger partial charge in [-0.1, -0.05) is 13.8 Å². The summed E-state index contributed by atoms with van der Waals surface area (Å²) in [5, 5.41) is 9.96. The molecule has 0 aromatic carbocycles. The monoisotopic (exact) mass is 310 g/mol. The zero-order valence-corrected chi connectivity index (χ0v) is 13.9. The fourth-order valence-electron chi connectivity index (χ4n) is 2.72. The second-order valence-corrected chi connectivity index (χ2v) is 7.18. The number of aliphatic hydroxyl groups is 1. The average Bonchev–Trinajstić information content (AvgIpc) is 2.46. The fourth-order valence-corrected chi connectivity index (χ4v) is 4.04. The van der Waals surface area contributed by atoms with Gasteiger partial charge in [-0.25, -0.2) is 4.79 Å².